The average molecular weight is 858 g/mol. The zero-order valence-corrected chi connectivity index (χ0v) is 37.2. The standard InChI is InChI=1S/C33H33.C13H9Cl.C5H5.2ClH.Zr/c1-32(2,3)30-20-26-24(18-28(30)22-13-9-7-10-14-22)17-25-19-29(23-15-11-8-12-16-23)31(21-27(25)26)33(4,5)6;14-13-8-6-12(7-9-13)10-11-4-2-1-3-5-11;1-2-4-5-3-1;;;/h7-16,18,20-21H,17H2,1-6H3;1-9H;1-3H,4H2;2*1H;/q;;;;;+2/p-2. The number of rotatable bonds is 6. The van der Waals surface area contributed by atoms with Crippen LogP contribution in [0.15, 0.2) is 155 Å². The first-order valence-corrected chi connectivity index (χ1v) is 23.0. The Morgan fingerprint density at radius 1 is 0.582 bits per heavy atom. The van der Waals surface area contributed by atoms with E-state index in [1.807, 2.05) is 0 Å². The van der Waals surface area contributed by atoms with Gasteiger partial charge in [0.1, 0.15) is 0 Å². The molecule has 2 aliphatic carbocycles. The smallest absolute Gasteiger partial charge is 1.00 e. The van der Waals surface area contributed by atoms with E-state index in [9.17, 15) is 0 Å². The van der Waals surface area contributed by atoms with Crippen LogP contribution in [0.2, 0.25) is 5.02 Å². The predicted octanol–water partition coefficient (Wildman–Crippen LogP) is 7.20. The van der Waals surface area contributed by atoms with E-state index in [-0.39, 0.29) is 35.6 Å². The van der Waals surface area contributed by atoms with E-state index in [2.05, 4.69) is 193 Å². The average Bonchev–Trinajstić information content (AvgIpc) is 3.82. The minimum absolute atomic E-state index is 0. The summed E-state index contributed by atoms with van der Waals surface area (Å²) >= 11 is 3.52. The molecule has 0 saturated carbocycles. The number of hydrogen-bond donors (Lipinski definition) is 0. The molecule has 0 amide bonds. The molecule has 8 rings (SSSR count). The zero-order valence-electron chi connectivity index (χ0n) is 32.5. The molecular weight excluding hydrogens is 810 g/mol. The van der Waals surface area contributed by atoms with Gasteiger partial charge < -0.3 is 24.8 Å². The maximum atomic E-state index is 6.58. The van der Waals surface area contributed by atoms with Crippen LogP contribution in [0.5, 0.6) is 0 Å². The first-order valence-electron chi connectivity index (χ1n) is 18.9. The van der Waals surface area contributed by atoms with Crippen molar-refractivity contribution in [1.29, 1.82) is 0 Å². The minimum Gasteiger partial charge on any atom is -1.00 e. The number of benzene rings is 6. The largest absolute Gasteiger partial charge is 1.00 e. The Morgan fingerprint density at radius 2 is 1.13 bits per heavy atom. The normalized spacial score (nSPS) is 13.3. The van der Waals surface area contributed by atoms with Crippen molar-refractivity contribution in [3.63, 3.8) is 0 Å². The van der Waals surface area contributed by atoms with Gasteiger partial charge in [-0.3, -0.25) is 0 Å². The van der Waals surface area contributed by atoms with Gasteiger partial charge in [0.2, 0.25) is 0 Å². The Balaban J connectivity index is 0.00000257. The fourth-order valence-corrected chi connectivity index (χ4v) is 17.0. The number of hydrogen-bond acceptors (Lipinski definition) is 0. The monoisotopic (exact) mass is 854 g/mol. The van der Waals surface area contributed by atoms with Gasteiger partial charge >= 0.3 is 331 Å². The maximum absolute atomic E-state index is 6.58. The third-order valence-corrected chi connectivity index (χ3v) is 18.9. The molecule has 6 aromatic rings. The van der Waals surface area contributed by atoms with Crippen molar-refractivity contribution in [3.05, 3.63) is 193 Å². The predicted molar refractivity (Wildman–Crippen MR) is 226 cm³/mol. The molecule has 0 radical (unpaired) electrons. The Bertz CT molecular complexity index is 2430. The van der Waals surface area contributed by atoms with Gasteiger partial charge in [0.25, 0.3) is 0 Å². The van der Waals surface area contributed by atoms with Gasteiger partial charge in [-0.15, -0.1) is 0 Å². The Morgan fingerprint density at radius 3 is 1.69 bits per heavy atom. The zero-order chi connectivity index (χ0) is 36.9. The summed E-state index contributed by atoms with van der Waals surface area (Å²) in [7, 11) is 0. The molecule has 0 saturated heterocycles. The molecule has 0 unspecified atom stereocenters. The van der Waals surface area contributed by atoms with E-state index in [1.54, 1.807) is 6.55 Å². The van der Waals surface area contributed by atoms with Gasteiger partial charge in [-0.2, -0.15) is 0 Å². The van der Waals surface area contributed by atoms with Gasteiger partial charge in [0.05, 0.1) is 0 Å². The summed E-state index contributed by atoms with van der Waals surface area (Å²) < 4.78 is 4.75. The van der Waals surface area contributed by atoms with E-state index >= 15 is 0 Å². The first-order chi connectivity index (χ1) is 25.5. The van der Waals surface area contributed by atoms with Crippen LogP contribution in [0.25, 0.3) is 33.4 Å². The fraction of sp³-hybridized carbons (Fsp3) is 0.196. The molecule has 0 atom stereocenters. The molecule has 0 heterocycles. The Labute approximate surface area is 353 Å². The molecule has 0 bridgehead atoms. The van der Waals surface area contributed by atoms with Crippen molar-refractivity contribution in [2.45, 2.75) is 65.2 Å². The molecule has 0 aliphatic heterocycles. The van der Waals surface area contributed by atoms with Crippen LogP contribution in [-0.4, -0.2) is 3.21 Å². The second-order valence-corrected chi connectivity index (χ2v) is 22.9. The maximum Gasteiger partial charge on any atom is -1.00 e. The van der Waals surface area contributed by atoms with Crippen LogP contribution in [0.4, 0.5) is 0 Å². The van der Waals surface area contributed by atoms with Crippen molar-refractivity contribution in [3.8, 4) is 33.4 Å². The van der Waals surface area contributed by atoms with Gasteiger partial charge in [0.15, 0.2) is 0 Å². The van der Waals surface area contributed by atoms with Crippen molar-refractivity contribution in [1.82, 2.24) is 0 Å². The van der Waals surface area contributed by atoms with Crippen LogP contribution < -0.4 is 28.1 Å². The topological polar surface area (TPSA) is 0 Å². The summed E-state index contributed by atoms with van der Waals surface area (Å²) in [5, 5.41) is 0.771. The molecule has 55 heavy (non-hydrogen) atoms. The van der Waals surface area contributed by atoms with Gasteiger partial charge in [-0.05, 0) is 0 Å². The molecule has 6 aromatic carbocycles. The van der Waals surface area contributed by atoms with E-state index in [4.69, 9.17) is 11.6 Å². The summed E-state index contributed by atoms with van der Waals surface area (Å²) in [6.45, 7) is 14.3. The first kappa shape index (κ1) is 41.1. The van der Waals surface area contributed by atoms with E-state index in [0.29, 0.717) is 0 Å². The van der Waals surface area contributed by atoms with E-state index in [0.717, 1.165) is 17.9 Å². The van der Waals surface area contributed by atoms with Crippen LogP contribution in [0.3, 0.4) is 0 Å². The van der Waals surface area contributed by atoms with Crippen molar-refractivity contribution < 1.29 is 46.1 Å². The van der Waals surface area contributed by atoms with Crippen LogP contribution in [-0.2, 0) is 38.5 Å². The molecule has 276 valence electrons. The van der Waals surface area contributed by atoms with E-state index in [1.165, 1.54) is 70.0 Å². The molecule has 4 heteroatoms. The van der Waals surface area contributed by atoms with E-state index < -0.39 is 21.3 Å². The summed E-state index contributed by atoms with van der Waals surface area (Å²) in [6, 6.07) is 49.9. The molecule has 2 aliphatic rings. The summed E-state index contributed by atoms with van der Waals surface area (Å²) in [6.07, 6.45) is 9.06. The quantitative estimate of drug-likeness (QED) is 0.166. The molecule has 0 spiro atoms. The fourth-order valence-electron chi connectivity index (χ4n) is 8.38. The summed E-state index contributed by atoms with van der Waals surface area (Å²) in [4.78, 5) is 0. The molecule has 0 fully saturated rings. The molecule has 0 N–H and O–H groups in total. The Hall–Kier alpha value is -3.58. The van der Waals surface area contributed by atoms with Crippen molar-refractivity contribution in [2.24, 2.45) is 0 Å². The van der Waals surface area contributed by atoms with Gasteiger partial charge in [-0.1, -0.05) is 0 Å². The molecule has 0 nitrogen and oxygen atoms in total. The second-order valence-electron chi connectivity index (χ2n) is 16.6. The summed E-state index contributed by atoms with van der Waals surface area (Å²) in [5.74, 6) is 0. The summed E-state index contributed by atoms with van der Waals surface area (Å²) in [5.41, 5.74) is 16.6. The van der Waals surface area contributed by atoms with Crippen LogP contribution in [0.1, 0.15) is 81.3 Å². The number of fused-ring (bicyclic) bond motifs is 3. The van der Waals surface area contributed by atoms with Gasteiger partial charge in [-0.25, -0.2) is 0 Å². The third kappa shape index (κ3) is 8.02. The molecule has 0 aromatic heterocycles. The Kier molecular flexibility index (Phi) is 12.3. The number of halogens is 3. The SMILES string of the molecule is CC(C)(C)c1cc2c(cc1-c1ccccc1)Cc1c-2cc(C(C)(C)C)c(-c2ccccc2)[c]1/[Zr+2]([C]1=CC=CC1)=[C](/c1ccccc1)c1ccc(Cl)cc1.[Cl-].[Cl-]. The molecular formula is C51H47Cl3Zr. The second kappa shape index (κ2) is 16.5. The van der Waals surface area contributed by atoms with Crippen LogP contribution >= 0.6 is 11.6 Å². The third-order valence-electron chi connectivity index (χ3n) is 10.9. The van der Waals surface area contributed by atoms with Crippen molar-refractivity contribution in [2.75, 3.05) is 0 Å². The van der Waals surface area contributed by atoms with Crippen LogP contribution in [0, 0.1) is 0 Å². The van der Waals surface area contributed by atoms with Crippen molar-refractivity contribution >= 4 is 18.1 Å². The number of allylic oxidation sites excluding steroid dienone is 4. The van der Waals surface area contributed by atoms with Gasteiger partial charge in [0, 0.05) is 0 Å². The minimum atomic E-state index is -3.06.